The molecule has 0 fully saturated rings. The van der Waals surface area contributed by atoms with Crippen LogP contribution < -0.4 is 4.74 Å². The highest BCUT2D eigenvalue weighted by Crippen LogP contribution is 2.28. The van der Waals surface area contributed by atoms with Gasteiger partial charge in [-0.1, -0.05) is 26.2 Å². The summed E-state index contributed by atoms with van der Waals surface area (Å²) in [6.45, 7) is 2.23. The third kappa shape index (κ3) is 4.83. The molecular formula is C14H16F4O2. The maximum atomic E-state index is 13.0. The number of hydrogen-bond donors (Lipinski definition) is 0. The predicted molar refractivity (Wildman–Crippen MR) is 66.4 cm³/mol. The molecule has 0 amide bonds. The van der Waals surface area contributed by atoms with Gasteiger partial charge in [0, 0.05) is 0 Å². The van der Waals surface area contributed by atoms with Gasteiger partial charge in [0.05, 0.1) is 12.2 Å². The standard InChI is InChI=1S/C14H16F4O2/c1-2-3-4-5-8-20-12-7-6-10(15)9-11(12)13(19)14(16,17)18/h6-7,9H,2-5,8H2,1H3. The first kappa shape index (κ1) is 16.5. The van der Waals surface area contributed by atoms with Crippen molar-refractivity contribution in [2.24, 2.45) is 0 Å². The first-order valence-corrected chi connectivity index (χ1v) is 6.40. The van der Waals surface area contributed by atoms with Gasteiger partial charge in [-0.3, -0.25) is 4.79 Å². The third-order valence-corrected chi connectivity index (χ3v) is 2.70. The summed E-state index contributed by atoms with van der Waals surface area (Å²) in [5.74, 6) is -3.23. The summed E-state index contributed by atoms with van der Waals surface area (Å²) < 4.78 is 55.4. The number of halogens is 4. The minimum Gasteiger partial charge on any atom is -0.493 e. The molecule has 20 heavy (non-hydrogen) atoms. The van der Waals surface area contributed by atoms with E-state index in [-0.39, 0.29) is 12.4 Å². The minimum atomic E-state index is -5.05. The van der Waals surface area contributed by atoms with Gasteiger partial charge in [-0.15, -0.1) is 0 Å². The van der Waals surface area contributed by atoms with Gasteiger partial charge in [0.15, 0.2) is 0 Å². The molecule has 6 heteroatoms. The van der Waals surface area contributed by atoms with Crippen LogP contribution in [0.15, 0.2) is 18.2 Å². The second kappa shape index (κ2) is 7.26. The molecule has 0 unspecified atom stereocenters. The second-order valence-corrected chi connectivity index (χ2v) is 4.38. The van der Waals surface area contributed by atoms with Crippen LogP contribution in [0.1, 0.15) is 43.0 Å². The third-order valence-electron chi connectivity index (χ3n) is 2.70. The summed E-state index contributed by atoms with van der Waals surface area (Å²) in [4.78, 5) is 11.2. The summed E-state index contributed by atoms with van der Waals surface area (Å²) in [7, 11) is 0. The summed E-state index contributed by atoms with van der Waals surface area (Å²) in [5, 5.41) is 0. The zero-order chi connectivity index (χ0) is 15.2. The zero-order valence-electron chi connectivity index (χ0n) is 11.1. The molecule has 0 heterocycles. The number of ketones is 1. The lowest BCUT2D eigenvalue weighted by Crippen LogP contribution is -2.23. The van der Waals surface area contributed by atoms with Gasteiger partial charge in [-0.2, -0.15) is 13.2 Å². The molecule has 0 aliphatic heterocycles. The molecule has 1 rings (SSSR count). The van der Waals surface area contributed by atoms with Crippen molar-refractivity contribution in [3.05, 3.63) is 29.6 Å². The maximum Gasteiger partial charge on any atom is 0.455 e. The number of carbonyl (C=O) groups excluding carboxylic acids is 1. The zero-order valence-corrected chi connectivity index (χ0v) is 11.1. The van der Waals surface area contributed by atoms with Crippen molar-refractivity contribution < 1.29 is 27.1 Å². The number of Topliss-reactive ketones (excluding diaryl/α,β-unsaturated/α-hetero) is 1. The molecule has 112 valence electrons. The Morgan fingerprint density at radius 3 is 2.50 bits per heavy atom. The molecule has 2 nitrogen and oxygen atoms in total. The fourth-order valence-corrected chi connectivity index (χ4v) is 1.67. The van der Waals surface area contributed by atoms with Crippen molar-refractivity contribution in [2.45, 2.75) is 38.8 Å². The van der Waals surface area contributed by atoms with Crippen LogP contribution in [-0.2, 0) is 0 Å². The Hall–Kier alpha value is -1.59. The first-order chi connectivity index (χ1) is 9.36. The Kier molecular flexibility index (Phi) is 5.98. The Morgan fingerprint density at radius 1 is 1.20 bits per heavy atom. The Labute approximate surface area is 114 Å². The predicted octanol–water partition coefficient (Wildman–Crippen LogP) is 4.53. The lowest BCUT2D eigenvalue weighted by molar-refractivity contribution is -0.0886. The van der Waals surface area contributed by atoms with Crippen LogP contribution in [0, 0.1) is 5.82 Å². The van der Waals surface area contributed by atoms with E-state index in [1.165, 1.54) is 0 Å². The van der Waals surface area contributed by atoms with Crippen molar-refractivity contribution in [1.29, 1.82) is 0 Å². The van der Waals surface area contributed by atoms with Crippen molar-refractivity contribution in [2.75, 3.05) is 6.61 Å². The molecular weight excluding hydrogens is 276 g/mol. The number of ether oxygens (including phenoxy) is 1. The Morgan fingerprint density at radius 2 is 1.90 bits per heavy atom. The molecule has 0 aromatic heterocycles. The van der Waals surface area contributed by atoms with E-state index in [0.29, 0.717) is 12.5 Å². The molecule has 0 saturated carbocycles. The van der Waals surface area contributed by atoms with Crippen LogP contribution in [-0.4, -0.2) is 18.6 Å². The van der Waals surface area contributed by atoms with Crippen LogP contribution in [0.25, 0.3) is 0 Å². The fraction of sp³-hybridized carbons (Fsp3) is 0.500. The Balaban J connectivity index is 2.78. The summed E-state index contributed by atoms with van der Waals surface area (Å²) in [6, 6.07) is 2.57. The highest BCUT2D eigenvalue weighted by Gasteiger charge is 2.41. The summed E-state index contributed by atoms with van der Waals surface area (Å²) in [6.07, 6.45) is -1.46. The van der Waals surface area contributed by atoms with E-state index >= 15 is 0 Å². The quantitative estimate of drug-likeness (QED) is 0.419. The number of unbranched alkanes of at least 4 members (excludes halogenated alkanes) is 3. The molecule has 0 radical (unpaired) electrons. The Bertz CT molecular complexity index is 455. The van der Waals surface area contributed by atoms with Crippen molar-refractivity contribution in [1.82, 2.24) is 0 Å². The van der Waals surface area contributed by atoms with Crippen LogP contribution in [0.3, 0.4) is 0 Å². The molecule has 0 aliphatic carbocycles. The number of carbonyl (C=O) groups is 1. The summed E-state index contributed by atoms with van der Waals surface area (Å²) in [5.41, 5.74) is -0.784. The van der Waals surface area contributed by atoms with Crippen molar-refractivity contribution in [3.8, 4) is 5.75 Å². The van der Waals surface area contributed by atoms with Gasteiger partial charge >= 0.3 is 6.18 Å². The minimum absolute atomic E-state index is 0.198. The molecule has 0 bridgehead atoms. The van der Waals surface area contributed by atoms with E-state index in [2.05, 4.69) is 0 Å². The normalized spacial score (nSPS) is 11.4. The van der Waals surface area contributed by atoms with E-state index in [0.717, 1.165) is 31.4 Å². The van der Waals surface area contributed by atoms with Crippen LogP contribution in [0.5, 0.6) is 5.75 Å². The SMILES string of the molecule is CCCCCCOc1ccc(F)cc1C(=O)C(F)(F)F. The average Bonchev–Trinajstić information content (AvgIpc) is 2.38. The second-order valence-electron chi connectivity index (χ2n) is 4.38. The highest BCUT2D eigenvalue weighted by atomic mass is 19.4. The maximum absolute atomic E-state index is 13.0. The van der Waals surface area contributed by atoms with E-state index in [1.807, 2.05) is 6.92 Å². The van der Waals surface area contributed by atoms with Crippen LogP contribution in [0.2, 0.25) is 0 Å². The lowest BCUT2D eigenvalue weighted by atomic mass is 10.1. The van der Waals surface area contributed by atoms with Gasteiger partial charge in [0.2, 0.25) is 0 Å². The first-order valence-electron chi connectivity index (χ1n) is 6.40. The number of hydrogen-bond acceptors (Lipinski definition) is 2. The van der Waals surface area contributed by atoms with E-state index in [9.17, 15) is 22.4 Å². The number of benzene rings is 1. The molecule has 0 saturated heterocycles. The molecule has 1 aromatic carbocycles. The van der Waals surface area contributed by atoms with Gasteiger partial charge < -0.3 is 4.74 Å². The van der Waals surface area contributed by atoms with E-state index < -0.39 is 23.3 Å². The van der Waals surface area contributed by atoms with Gasteiger partial charge in [0.25, 0.3) is 5.78 Å². The van der Waals surface area contributed by atoms with Crippen molar-refractivity contribution >= 4 is 5.78 Å². The molecule has 0 atom stereocenters. The monoisotopic (exact) mass is 292 g/mol. The highest BCUT2D eigenvalue weighted by molar-refractivity contribution is 6.02. The smallest absolute Gasteiger partial charge is 0.455 e. The van der Waals surface area contributed by atoms with Gasteiger partial charge in [-0.05, 0) is 24.6 Å². The molecule has 0 spiro atoms. The van der Waals surface area contributed by atoms with E-state index in [4.69, 9.17) is 4.74 Å². The van der Waals surface area contributed by atoms with Crippen LogP contribution in [0.4, 0.5) is 17.6 Å². The van der Waals surface area contributed by atoms with Crippen molar-refractivity contribution in [3.63, 3.8) is 0 Å². The van der Waals surface area contributed by atoms with Crippen LogP contribution >= 0.6 is 0 Å². The van der Waals surface area contributed by atoms with E-state index in [1.54, 1.807) is 0 Å². The number of alkyl halides is 3. The average molecular weight is 292 g/mol. The summed E-state index contributed by atoms with van der Waals surface area (Å²) >= 11 is 0. The molecule has 0 aliphatic rings. The topological polar surface area (TPSA) is 26.3 Å². The van der Waals surface area contributed by atoms with Gasteiger partial charge in [0.1, 0.15) is 11.6 Å². The molecule has 1 aromatic rings. The molecule has 0 N–H and O–H groups in total. The lowest BCUT2D eigenvalue weighted by Gasteiger charge is -2.12. The number of rotatable bonds is 7. The van der Waals surface area contributed by atoms with Gasteiger partial charge in [-0.25, -0.2) is 4.39 Å². The fourth-order valence-electron chi connectivity index (χ4n) is 1.67. The largest absolute Gasteiger partial charge is 0.493 e.